The van der Waals surface area contributed by atoms with Crippen LogP contribution in [-0.2, 0) is 4.79 Å². The molecule has 5 heteroatoms. The largest absolute Gasteiger partial charge is 0.337 e. The molecule has 1 aliphatic carbocycles. The zero-order valence-electron chi connectivity index (χ0n) is 11.7. The molecular formula is C14H24N4O. The minimum absolute atomic E-state index is 0.0368. The highest BCUT2D eigenvalue weighted by atomic mass is 16.2. The molecule has 2 unspecified atom stereocenters. The van der Waals surface area contributed by atoms with Gasteiger partial charge in [0.2, 0.25) is 5.91 Å². The van der Waals surface area contributed by atoms with Gasteiger partial charge in [-0.2, -0.15) is 5.26 Å². The van der Waals surface area contributed by atoms with Crippen LogP contribution < -0.4 is 11.1 Å². The molecular weight excluding hydrogens is 240 g/mol. The predicted octanol–water partition coefficient (Wildman–Crippen LogP) is 0.608. The van der Waals surface area contributed by atoms with E-state index in [1.54, 1.807) is 0 Å². The van der Waals surface area contributed by atoms with Gasteiger partial charge in [-0.25, -0.2) is 0 Å². The van der Waals surface area contributed by atoms with Gasteiger partial charge in [0, 0.05) is 12.6 Å². The number of nitriles is 1. The number of carbonyl (C=O) groups excluding carboxylic acids is 1. The van der Waals surface area contributed by atoms with Gasteiger partial charge in [0.1, 0.15) is 5.54 Å². The Kier molecular flexibility index (Phi) is 4.43. The monoisotopic (exact) mass is 264 g/mol. The summed E-state index contributed by atoms with van der Waals surface area (Å²) in [7, 11) is 0. The summed E-state index contributed by atoms with van der Waals surface area (Å²) < 4.78 is 0. The normalized spacial score (nSPS) is 30.8. The van der Waals surface area contributed by atoms with Crippen LogP contribution in [0.15, 0.2) is 0 Å². The number of hydrogen-bond donors (Lipinski definition) is 2. The van der Waals surface area contributed by atoms with Crippen molar-refractivity contribution in [2.75, 3.05) is 19.6 Å². The van der Waals surface area contributed by atoms with E-state index in [-0.39, 0.29) is 11.9 Å². The van der Waals surface area contributed by atoms with E-state index >= 15 is 0 Å². The number of nitrogens with two attached hydrogens (primary N) is 1. The van der Waals surface area contributed by atoms with Gasteiger partial charge in [-0.15, -0.1) is 0 Å². The van der Waals surface area contributed by atoms with E-state index in [1.807, 2.05) is 0 Å². The Balaban J connectivity index is 1.83. The maximum absolute atomic E-state index is 12.1. The van der Waals surface area contributed by atoms with E-state index in [2.05, 4.69) is 23.2 Å². The van der Waals surface area contributed by atoms with E-state index < -0.39 is 5.54 Å². The van der Waals surface area contributed by atoms with Crippen LogP contribution in [0.4, 0.5) is 0 Å². The second-order valence-corrected chi connectivity index (χ2v) is 6.11. The molecule has 2 atom stereocenters. The Labute approximate surface area is 115 Å². The summed E-state index contributed by atoms with van der Waals surface area (Å²) in [6, 6.07) is 2.44. The van der Waals surface area contributed by atoms with Gasteiger partial charge in [0.25, 0.3) is 0 Å². The Morgan fingerprint density at radius 1 is 1.53 bits per heavy atom. The molecule has 0 aromatic heterocycles. The predicted molar refractivity (Wildman–Crippen MR) is 73.2 cm³/mol. The van der Waals surface area contributed by atoms with Crippen LogP contribution in [0, 0.1) is 17.2 Å². The Hall–Kier alpha value is -1.12. The molecule has 5 nitrogen and oxygen atoms in total. The van der Waals surface area contributed by atoms with Gasteiger partial charge in [-0.05, 0) is 44.6 Å². The van der Waals surface area contributed by atoms with Crippen LogP contribution >= 0.6 is 0 Å². The third-order valence-corrected chi connectivity index (χ3v) is 4.52. The minimum Gasteiger partial charge on any atom is -0.337 e. The SMILES string of the molecule is CC1CCN(CC(=O)NC2(C#N)CCCC2)CC1N. The highest BCUT2D eigenvalue weighted by Crippen LogP contribution is 2.28. The van der Waals surface area contributed by atoms with Crippen LogP contribution in [0.2, 0.25) is 0 Å². The lowest BCUT2D eigenvalue weighted by molar-refractivity contribution is -0.124. The van der Waals surface area contributed by atoms with E-state index in [0.29, 0.717) is 12.5 Å². The first-order valence-electron chi connectivity index (χ1n) is 7.25. The summed E-state index contributed by atoms with van der Waals surface area (Å²) >= 11 is 0. The van der Waals surface area contributed by atoms with Crippen LogP contribution in [-0.4, -0.2) is 42.0 Å². The molecule has 1 saturated heterocycles. The molecule has 0 spiro atoms. The van der Waals surface area contributed by atoms with Gasteiger partial charge < -0.3 is 11.1 Å². The lowest BCUT2D eigenvalue weighted by Gasteiger charge is -2.35. The molecule has 1 heterocycles. The van der Waals surface area contributed by atoms with Crippen molar-refractivity contribution in [3.8, 4) is 6.07 Å². The maximum Gasteiger partial charge on any atom is 0.235 e. The summed E-state index contributed by atoms with van der Waals surface area (Å²) in [6.45, 7) is 4.21. The smallest absolute Gasteiger partial charge is 0.235 e. The van der Waals surface area contributed by atoms with E-state index in [9.17, 15) is 10.1 Å². The minimum atomic E-state index is -0.609. The van der Waals surface area contributed by atoms with Gasteiger partial charge in [-0.1, -0.05) is 6.92 Å². The third kappa shape index (κ3) is 3.46. The third-order valence-electron chi connectivity index (χ3n) is 4.52. The fourth-order valence-electron chi connectivity index (χ4n) is 3.07. The number of carbonyl (C=O) groups is 1. The van der Waals surface area contributed by atoms with Gasteiger partial charge in [0.15, 0.2) is 0 Å². The van der Waals surface area contributed by atoms with Crippen LogP contribution in [0.1, 0.15) is 39.0 Å². The average Bonchev–Trinajstić information content (AvgIpc) is 2.83. The molecule has 1 amide bonds. The molecule has 1 saturated carbocycles. The number of rotatable bonds is 3. The number of hydrogen-bond acceptors (Lipinski definition) is 4. The molecule has 2 aliphatic rings. The number of likely N-dealkylation sites (tertiary alicyclic amines) is 1. The van der Waals surface area contributed by atoms with Crippen molar-refractivity contribution in [3.63, 3.8) is 0 Å². The summed E-state index contributed by atoms with van der Waals surface area (Å²) in [5, 5.41) is 12.2. The second-order valence-electron chi connectivity index (χ2n) is 6.11. The number of nitrogens with zero attached hydrogens (tertiary/aromatic N) is 2. The lowest BCUT2D eigenvalue weighted by Crippen LogP contribution is -2.53. The fourth-order valence-corrected chi connectivity index (χ4v) is 3.07. The van der Waals surface area contributed by atoms with E-state index in [0.717, 1.165) is 45.2 Å². The molecule has 3 N–H and O–H groups in total. The average molecular weight is 264 g/mol. The zero-order chi connectivity index (χ0) is 13.9. The first-order valence-corrected chi connectivity index (χ1v) is 7.25. The quantitative estimate of drug-likeness (QED) is 0.782. The summed E-state index contributed by atoms with van der Waals surface area (Å²) in [5.41, 5.74) is 5.43. The highest BCUT2D eigenvalue weighted by molar-refractivity contribution is 5.79. The van der Waals surface area contributed by atoms with Crippen molar-refractivity contribution in [2.24, 2.45) is 11.7 Å². The molecule has 0 bridgehead atoms. The van der Waals surface area contributed by atoms with Crippen molar-refractivity contribution >= 4 is 5.91 Å². The Morgan fingerprint density at radius 2 is 2.21 bits per heavy atom. The second kappa shape index (κ2) is 5.89. The van der Waals surface area contributed by atoms with Crippen LogP contribution in [0.3, 0.4) is 0 Å². The van der Waals surface area contributed by atoms with Crippen LogP contribution in [0.25, 0.3) is 0 Å². The van der Waals surface area contributed by atoms with E-state index in [4.69, 9.17) is 5.73 Å². The summed E-state index contributed by atoms with van der Waals surface area (Å²) in [6.07, 6.45) is 4.66. The van der Waals surface area contributed by atoms with Gasteiger partial charge in [0.05, 0.1) is 12.6 Å². The standard InChI is InChI=1S/C14H24N4O/c1-11-4-7-18(8-12(11)16)9-13(19)17-14(10-15)5-2-3-6-14/h11-12H,2-9,16H2,1H3,(H,17,19). The number of nitrogens with one attached hydrogen (secondary N) is 1. The zero-order valence-corrected chi connectivity index (χ0v) is 11.7. The van der Waals surface area contributed by atoms with E-state index in [1.165, 1.54) is 0 Å². The summed E-state index contributed by atoms with van der Waals surface area (Å²) in [4.78, 5) is 14.2. The molecule has 0 aromatic rings. The molecule has 19 heavy (non-hydrogen) atoms. The van der Waals surface area contributed by atoms with Crippen molar-refractivity contribution in [3.05, 3.63) is 0 Å². The fraction of sp³-hybridized carbons (Fsp3) is 0.857. The Morgan fingerprint density at radius 3 is 2.79 bits per heavy atom. The molecule has 2 rings (SSSR count). The molecule has 106 valence electrons. The van der Waals surface area contributed by atoms with Crippen molar-refractivity contribution in [1.29, 1.82) is 5.26 Å². The van der Waals surface area contributed by atoms with Gasteiger partial charge in [-0.3, -0.25) is 9.69 Å². The molecule has 0 aromatic carbocycles. The first kappa shape index (κ1) is 14.3. The van der Waals surface area contributed by atoms with Crippen LogP contribution in [0.5, 0.6) is 0 Å². The topological polar surface area (TPSA) is 82.2 Å². The van der Waals surface area contributed by atoms with Gasteiger partial charge >= 0.3 is 0 Å². The van der Waals surface area contributed by atoms with Crippen molar-refractivity contribution < 1.29 is 4.79 Å². The first-order chi connectivity index (χ1) is 9.04. The molecule has 0 radical (unpaired) electrons. The van der Waals surface area contributed by atoms with Crippen molar-refractivity contribution in [1.82, 2.24) is 10.2 Å². The lowest BCUT2D eigenvalue weighted by atomic mass is 9.94. The molecule has 2 fully saturated rings. The highest BCUT2D eigenvalue weighted by Gasteiger charge is 2.36. The molecule has 1 aliphatic heterocycles. The Bertz CT molecular complexity index is 370. The maximum atomic E-state index is 12.1. The number of amides is 1. The van der Waals surface area contributed by atoms with Crippen molar-refractivity contribution in [2.45, 2.75) is 50.6 Å². The number of piperidine rings is 1. The summed E-state index contributed by atoms with van der Waals surface area (Å²) in [5.74, 6) is 0.491.